The van der Waals surface area contributed by atoms with E-state index in [1.165, 1.54) is 64.3 Å². The van der Waals surface area contributed by atoms with Gasteiger partial charge in [0.05, 0.1) is 6.61 Å². The summed E-state index contributed by atoms with van der Waals surface area (Å²) in [5.41, 5.74) is 0. The van der Waals surface area contributed by atoms with E-state index in [-0.39, 0.29) is 0 Å². The van der Waals surface area contributed by atoms with Crippen molar-refractivity contribution in [3.63, 3.8) is 0 Å². The van der Waals surface area contributed by atoms with Crippen molar-refractivity contribution in [2.45, 2.75) is 69.9 Å². The molecule has 0 bridgehead atoms. The molecule has 0 aromatic rings. The zero-order valence-corrected chi connectivity index (χ0v) is 10.4. The van der Waals surface area contributed by atoms with Crippen LogP contribution in [0.4, 0.5) is 0 Å². The predicted octanol–water partition coefficient (Wildman–Crippen LogP) is 2.45. The first-order chi connectivity index (χ1) is 7.92. The molecule has 2 aliphatic rings. The van der Waals surface area contributed by atoms with Gasteiger partial charge in [-0.3, -0.25) is 4.90 Å². The fourth-order valence-corrected chi connectivity index (χ4v) is 3.38. The van der Waals surface area contributed by atoms with Gasteiger partial charge in [-0.1, -0.05) is 32.1 Å². The number of rotatable bonds is 3. The van der Waals surface area contributed by atoms with Gasteiger partial charge in [-0.2, -0.15) is 0 Å². The van der Waals surface area contributed by atoms with Crippen molar-refractivity contribution < 1.29 is 4.84 Å². The fraction of sp³-hybridized carbons (Fsp3) is 1.00. The number of piperidine rings is 1. The van der Waals surface area contributed by atoms with Crippen molar-refractivity contribution in [2.75, 3.05) is 13.2 Å². The zero-order chi connectivity index (χ0) is 11.2. The standard InChI is InChI=1S/C13H26N2O/c14-16-11-13-9-5-6-10-15(13)12-7-3-1-2-4-8-12/h12-13H,1-11,14H2. The van der Waals surface area contributed by atoms with E-state index in [9.17, 15) is 0 Å². The Morgan fingerprint density at radius 2 is 1.62 bits per heavy atom. The molecule has 1 aliphatic carbocycles. The minimum absolute atomic E-state index is 0.585. The van der Waals surface area contributed by atoms with Crippen LogP contribution < -0.4 is 5.90 Å². The molecule has 1 aliphatic heterocycles. The lowest BCUT2D eigenvalue weighted by Gasteiger charge is -2.40. The number of hydrogen-bond acceptors (Lipinski definition) is 3. The average Bonchev–Trinajstić information content (AvgIpc) is 2.59. The smallest absolute Gasteiger partial charge is 0.0834 e. The molecular formula is C13H26N2O. The first kappa shape index (κ1) is 12.3. The Hall–Kier alpha value is -0.120. The molecule has 0 amide bonds. The highest BCUT2D eigenvalue weighted by Crippen LogP contribution is 2.27. The van der Waals surface area contributed by atoms with E-state index in [2.05, 4.69) is 4.90 Å². The van der Waals surface area contributed by atoms with Crippen LogP contribution in [0.25, 0.3) is 0 Å². The Kier molecular flexibility index (Phi) is 5.07. The molecule has 16 heavy (non-hydrogen) atoms. The van der Waals surface area contributed by atoms with Crippen molar-refractivity contribution in [1.29, 1.82) is 0 Å². The van der Waals surface area contributed by atoms with Crippen LogP contribution in [0.15, 0.2) is 0 Å². The number of hydrogen-bond donors (Lipinski definition) is 1. The van der Waals surface area contributed by atoms with Crippen LogP contribution in [0.2, 0.25) is 0 Å². The van der Waals surface area contributed by atoms with Crippen molar-refractivity contribution in [2.24, 2.45) is 5.90 Å². The van der Waals surface area contributed by atoms with Gasteiger partial charge in [0.2, 0.25) is 0 Å². The van der Waals surface area contributed by atoms with Gasteiger partial charge in [-0.05, 0) is 32.2 Å². The van der Waals surface area contributed by atoms with Crippen LogP contribution >= 0.6 is 0 Å². The summed E-state index contributed by atoms with van der Waals surface area (Å²) in [6, 6.07) is 1.39. The zero-order valence-electron chi connectivity index (χ0n) is 10.4. The first-order valence-corrected chi connectivity index (χ1v) is 6.99. The van der Waals surface area contributed by atoms with E-state index in [0.717, 1.165) is 12.6 Å². The van der Waals surface area contributed by atoms with E-state index in [4.69, 9.17) is 10.7 Å². The molecule has 1 atom stereocenters. The molecule has 1 saturated heterocycles. The number of nitrogens with zero attached hydrogens (tertiary/aromatic N) is 1. The second kappa shape index (κ2) is 6.58. The van der Waals surface area contributed by atoms with Gasteiger partial charge < -0.3 is 4.84 Å². The van der Waals surface area contributed by atoms with Gasteiger partial charge in [0.25, 0.3) is 0 Å². The van der Waals surface area contributed by atoms with Crippen molar-refractivity contribution >= 4 is 0 Å². The normalized spacial score (nSPS) is 30.2. The maximum absolute atomic E-state index is 5.26. The molecule has 0 spiro atoms. The maximum atomic E-state index is 5.26. The summed E-state index contributed by atoms with van der Waals surface area (Å²) < 4.78 is 0. The van der Waals surface area contributed by atoms with E-state index < -0.39 is 0 Å². The van der Waals surface area contributed by atoms with Gasteiger partial charge in [0, 0.05) is 12.1 Å². The lowest BCUT2D eigenvalue weighted by Crippen LogP contribution is -2.48. The molecule has 3 heteroatoms. The highest BCUT2D eigenvalue weighted by molar-refractivity contribution is 4.83. The van der Waals surface area contributed by atoms with Gasteiger partial charge in [0.15, 0.2) is 0 Å². The van der Waals surface area contributed by atoms with E-state index in [1.54, 1.807) is 0 Å². The molecule has 2 rings (SSSR count). The van der Waals surface area contributed by atoms with Crippen molar-refractivity contribution in [3.8, 4) is 0 Å². The summed E-state index contributed by atoms with van der Waals surface area (Å²) in [6.45, 7) is 1.98. The maximum Gasteiger partial charge on any atom is 0.0834 e. The minimum Gasteiger partial charge on any atom is -0.303 e. The summed E-state index contributed by atoms with van der Waals surface area (Å²) in [6.07, 6.45) is 12.4. The van der Waals surface area contributed by atoms with Gasteiger partial charge in [-0.25, -0.2) is 5.90 Å². The number of likely N-dealkylation sites (tertiary alicyclic amines) is 1. The molecule has 1 heterocycles. The van der Waals surface area contributed by atoms with Crippen LogP contribution in [-0.2, 0) is 4.84 Å². The third-order valence-corrected chi connectivity index (χ3v) is 4.26. The van der Waals surface area contributed by atoms with Crippen LogP contribution in [0.1, 0.15) is 57.8 Å². The quantitative estimate of drug-likeness (QED) is 0.593. The highest BCUT2D eigenvalue weighted by Gasteiger charge is 2.29. The molecule has 3 nitrogen and oxygen atoms in total. The number of nitrogens with two attached hydrogens (primary N) is 1. The average molecular weight is 226 g/mol. The molecule has 0 aromatic carbocycles. The molecule has 0 aromatic heterocycles. The molecule has 2 N–H and O–H groups in total. The summed E-state index contributed by atoms with van der Waals surface area (Å²) in [7, 11) is 0. The Morgan fingerprint density at radius 3 is 2.31 bits per heavy atom. The molecule has 0 radical (unpaired) electrons. The van der Waals surface area contributed by atoms with Gasteiger partial charge in [0.1, 0.15) is 0 Å². The summed E-state index contributed by atoms with van der Waals surface area (Å²) in [4.78, 5) is 7.59. The highest BCUT2D eigenvalue weighted by atomic mass is 16.6. The third-order valence-electron chi connectivity index (χ3n) is 4.26. The molecule has 1 saturated carbocycles. The van der Waals surface area contributed by atoms with Crippen LogP contribution in [0, 0.1) is 0 Å². The monoisotopic (exact) mass is 226 g/mol. The van der Waals surface area contributed by atoms with E-state index >= 15 is 0 Å². The Labute approximate surface area is 99.3 Å². The van der Waals surface area contributed by atoms with E-state index in [1.807, 2.05) is 0 Å². The van der Waals surface area contributed by atoms with Gasteiger partial charge >= 0.3 is 0 Å². The van der Waals surface area contributed by atoms with Crippen LogP contribution in [0.3, 0.4) is 0 Å². The SMILES string of the molecule is NOCC1CCCCN1C1CCCCCC1. The summed E-state index contributed by atoms with van der Waals surface area (Å²) in [5, 5.41) is 0. The molecular weight excluding hydrogens is 200 g/mol. The second-order valence-electron chi connectivity index (χ2n) is 5.37. The topological polar surface area (TPSA) is 38.5 Å². The molecule has 1 unspecified atom stereocenters. The lowest BCUT2D eigenvalue weighted by atomic mass is 9.97. The molecule has 2 fully saturated rings. The van der Waals surface area contributed by atoms with Crippen molar-refractivity contribution in [3.05, 3.63) is 0 Å². The van der Waals surface area contributed by atoms with Gasteiger partial charge in [-0.15, -0.1) is 0 Å². The Bertz CT molecular complexity index is 188. The second-order valence-corrected chi connectivity index (χ2v) is 5.37. The largest absolute Gasteiger partial charge is 0.303 e. The van der Waals surface area contributed by atoms with E-state index in [0.29, 0.717) is 6.04 Å². The minimum atomic E-state index is 0.585. The fourth-order valence-electron chi connectivity index (χ4n) is 3.38. The first-order valence-electron chi connectivity index (χ1n) is 6.99. The summed E-state index contributed by atoms with van der Waals surface area (Å²) in [5.74, 6) is 5.26. The Morgan fingerprint density at radius 1 is 0.938 bits per heavy atom. The van der Waals surface area contributed by atoms with Crippen molar-refractivity contribution in [1.82, 2.24) is 4.90 Å². The van der Waals surface area contributed by atoms with Crippen LogP contribution in [-0.4, -0.2) is 30.1 Å². The van der Waals surface area contributed by atoms with Crippen LogP contribution in [0.5, 0.6) is 0 Å². The Balaban J connectivity index is 1.92. The predicted molar refractivity (Wildman–Crippen MR) is 66.0 cm³/mol. The summed E-state index contributed by atoms with van der Waals surface area (Å²) >= 11 is 0. The lowest BCUT2D eigenvalue weighted by molar-refractivity contribution is 0.0130. The third kappa shape index (κ3) is 3.19. The molecule has 94 valence electrons.